The number of nitrogens with zero attached hydrogens (tertiary/aromatic N) is 3. The number of aliphatic hydroxyl groups is 2. The van der Waals surface area contributed by atoms with Gasteiger partial charge < -0.3 is 24.9 Å². The van der Waals surface area contributed by atoms with E-state index in [1.165, 1.54) is 5.69 Å². The molecule has 116 valence electrons. The minimum atomic E-state index is -0.643. The lowest BCUT2D eigenvalue weighted by molar-refractivity contribution is 0.00802. The summed E-state index contributed by atoms with van der Waals surface area (Å²) in [6.07, 6.45) is -0.594. The number of piperazine rings is 1. The molecule has 5 nitrogen and oxygen atoms in total. The maximum Gasteiger partial charge on any atom is 0.0974 e. The maximum atomic E-state index is 9.79. The summed E-state index contributed by atoms with van der Waals surface area (Å²) >= 11 is 0. The van der Waals surface area contributed by atoms with E-state index in [9.17, 15) is 10.2 Å². The maximum absolute atomic E-state index is 9.79. The molecule has 0 aliphatic carbocycles. The van der Waals surface area contributed by atoms with Crippen LogP contribution in [-0.4, -0.2) is 73.6 Å². The summed E-state index contributed by atoms with van der Waals surface area (Å²) in [7, 11) is 2.16. The van der Waals surface area contributed by atoms with Crippen LogP contribution in [0.25, 0.3) is 0 Å². The molecule has 2 aliphatic rings. The van der Waals surface area contributed by atoms with Crippen molar-refractivity contribution < 1.29 is 10.2 Å². The van der Waals surface area contributed by atoms with Crippen LogP contribution in [0, 0.1) is 0 Å². The SMILES string of the molecule is CN1CCN(c2ccc(N3CCC(O)C(O)C3)cc2)CC1. The fourth-order valence-electron chi connectivity index (χ4n) is 3.09. The first-order chi connectivity index (χ1) is 10.1. The molecule has 2 heterocycles. The van der Waals surface area contributed by atoms with Crippen LogP contribution in [0.2, 0.25) is 0 Å². The highest BCUT2D eigenvalue weighted by atomic mass is 16.3. The number of β-amino-alcohol motifs (C(OH)–C–C–N with tert-alkyl or cyclic N) is 1. The fraction of sp³-hybridized carbons (Fsp3) is 0.625. The van der Waals surface area contributed by atoms with E-state index >= 15 is 0 Å². The molecular formula is C16H25N3O2. The molecule has 0 spiro atoms. The number of piperidine rings is 1. The highest BCUT2D eigenvalue weighted by Crippen LogP contribution is 2.24. The zero-order chi connectivity index (χ0) is 14.8. The number of likely N-dealkylation sites (N-methyl/N-ethyl adjacent to an activating group) is 1. The third-order valence-corrected chi connectivity index (χ3v) is 4.63. The van der Waals surface area contributed by atoms with Crippen molar-refractivity contribution in [3.63, 3.8) is 0 Å². The monoisotopic (exact) mass is 291 g/mol. The molecule has 0 bridgehead atoms. The van der Waals surface area contributed by atoms with Gasteiger partial charge in [-0.1, -0.05) is 0 Å². The Morgan fingerprint density at radius 2 is 1.38 bits per heavy atom. The van der Waals surface area contributed by atoms with Crippen molar-refractivity contribution in [2.24, 2.45) is 0 Å². The van der Waals surface area contributed by atoms with Crippen molar-refractivity contribution in [2.75, 3.05) is 56.1 Å². The molecule has 1 aromatic rings. The van der Waals surface area contributed by atoms with Crippen molar-refractivity contribution in [3.05, 3.63) is 24.3 Å². The van der Waals surface area contributed by atoms with Gasteiger partial charge in [-0.2, -0.15) is 0 Å². The second-order valence-electron chi connectivity index (χ2n) is 6.18. The zero-order valence-electron chi connectivity index (χ0n) is 12.6. The Balaban J connectivity index is 1.64. The molecule has 0 amide bonds. The highest BCUT2D eigenvalue weighted by Gasteiger charge is 2.26. The highest BCUT2D eigenvalue weighted by molar-refractivity contribution is 5.57. The average Bonchev–Trinajstić information content (AvgIpc) is 2.51. The summed E-state index contributed by atoms with van der Waals surface area (Å²) in [6.45, 7) is 5.67. The fourth-order valence-corrected chi connectivity index (χ4v) is 3.09. The van der Waals surface area contributed by atoms with Crippen LogP contribution >= 0.6 is 0 Å². The van der Waals surface area contributed by atoms with Gasteiger partial charge in [-0.05, 0) is 37.7 Å². The Hall–Kier alpha value is -1.30. The number of anilines is 2. The Labute approximate surface area is 126 Å². The molecule has 2 atom stereocenters. The summed E-state index contributed by atoms with van der Waals surface area (Å²) in [5.41, 5.74) is 2.39. The lowest BCUT2D eigenvalue weighted by Crippen LogP contribution is -2.46. The van der Waals surface area contributed by atoms with Crippen LogP contribution in [0.5, 0.6) is 0 Å². The molecule has 2 aliphatic heterocycles. The van der Waals surface area contributed by atoms with Gasteiger partial charge in [0, 0.05) is 50.6 Å². The number of hydrogen-bond donors (Lipinski definition) is 2. The topological polar surface area (TPSA) is 50.2 Å². The number of aliphatic hydroxyl groups excluding tert-OH is 2. The van der Waals surface area contributed by atoms with E-state index in [0.29, 0.717) is 13.0 Å². The normalized spacial score (nSPS) is 28.0. The van der Waals surface area contributed by atoms with Crippen molar-refractivity contribution >= 4 is 11.4 Å². The van der Waals surface area contributed by atoms with Gasteiger partial charge in [-0.15, -0.1) is 0 Å². The van der Waals surface area contributed by atoms with E-state index in [1.807, 2.05) is 0 Å². The molecule has 1 aromatic carbocycles. The molecule has 2 saturated heterocycles. The summed E-state index contributed by atoms with van der Waals surface area (Å²) in [5.74, 6) is 0. The molecule has 21 heavy (non-hydrogen) atoms. The summed E-state index contributed by atoms with van der Waals surface area (Å²) in [4.78, 5) is 6.91. The van der Waals surface area contributed by atoms with E-state index in [1.54, 1.807) is 0 Å². The van der Waals surface area contributed by atoms with Crippen molar-refractivity contribution in [2.45, 2.75) is 18.6 Å². The first kappa shape index (κ1) is 14.6. The van der Waals surface area contributed by atoms with Crippen LogP contribution in [0.3, 0.4) is 0 Å². The van der Waals surface area contributed by atoms with Gasteiger partial charge >= 0.3 is 0 Å². The van der Waals surface area contributed by atoms with E-state index in [0.717, 1.165) is 38.4 Å². The van der Waals surface area contributed by atoms with Crippen LogP contribution in [0.15, 0.2) is 24.3 Å². The van der Waals surface area contributed by atoms with Crippen molar-refractivity contribution in [1.29, 1.82) is 0 Å². The van der Waals surface area contributed by atoms with Gasteiger partial charge in [0.15, 0.2) is 0 Å². The number of hydrogen-bond acceptors (Lipinski definition) is 5. The minimum Gasteiger partial charge on any atom is -0.390 e. The molecule has 2 unspecified atom stereocenters. The van der Waals surface area contributed by atoms with E-state index in [4.69, 9.17) is 0 Å². The number of rotatable bonds is 2. The number of benzene rings is 1. The van der Waals surface area contributed by atoms with Gasteiger partial charge in [-0.25, -0.2) is 0 Å². The molecule has 3 rings (SSSR count). The summed E-state index contributed by atoms with van der Waals surface area (Å²) < 4.78 is 0. The molecule has 0 radical (unpaired) electrons. The molecule has 2 fully saturated rings. The Bertz CT molecular complexity index is 457. The summed E-state index contributed by atoms with van der Waals surface area (Å²) in [6, 6.07) is 8.58. The predicted octanol–water partition coefficient (Wildman–Crippen LogP) is 0.370. The Morgan fingerprint density at radius 3 is 1.95 bits per heavy atom. The van der Waals surface area contributed by atoms with Crippen LogP contribution < -0.4 is 9.80 Å². The molecule has 5 heteroatoms. The third kappa shape index (κ3) is 3.31. The molecule has 0 aromatic heterocycles. The second kappa shape index (κ2) is 6.22. The quantitative estimate of drug-likeness (QED) is 0.824. The lowest BCUT2D eigenvalue weighted by Gasteiger charge is -2.36. The van der Waals surface area contributed by atoms with Gasteiger partial charge in [0.1, 0.15) is 0 Å². The van der Waals surface area contributed by atoms with Crippen molar-refractivity contribution in [1.82, 2.24) is 4.90 Å². The van der Waals surface area contributed by atoms with E-state index in [2.05, 4.69) is 46.0 Å². The Kier molecular flexibility index (Phi) is 4.33. The standard InChI is InChI=1S/C16H25N3O2/c1-17-8-10-18(11-9-17)13-2-4-14(5-3-13)19-7-6-15(20)16(21)12-19/h2-5,15-16,20-21H,6-12H2,1H3. The average molecular weight is 291 g/mol. The minimum absolute atomic E-state index is 0.509. The van der Waals surface area contributed by atoms with Gasteiger partial charge in [0.25, 0.3) is 0 Å². The first-order valence-electron chi connectivity index (χ1n) is 7.78. The van der Waals surface area contributed by atoms with Crippen molar-refractivity contribution in [3.8, 4) is 0 Å². The van der Waals surface area contributed by atoms with Gasteiger partial charge in [0.05, 0.1) is 12.2 Å². The van der Waals surface area contributed by atoms with Gasteiger partial charge in [0.2, 0.25) is 0 Å². The Morgan fingerprint density at radius 1 is 0.810 bits per heavy atom. The third-order valence-electron chi connectivity index (χ3n) is 4.63. The molecule has 0 saturated carbocycles. The summed E-state index contributed by atoms with van der Waals surface area (Å²) in [5, 5.41) is 19.4. The predicted molar refractivity (Wildman–Crippen MR) is 85.0 cm³/mol. The van der Waals surface area contributed by atoms with Crippen LogP contribution in [0.4, 0.5) is 11.4 Å². The van der Waals surface area contributed by atoms with E-state index < -0.39 is 12.2 Å². The second-order valence-corrected chi connectivity index (χ2v) is 6.18. The molecule has 2 N–H and O–H groups in total. The first-order valence-corrected chi connectivity index (χ1v) is 7.78. The lowest BCUT2D eigenvalue weighted by atomic mass is 10.0. The smallest absolute Gasteiger partial charge is 0.0974 e. The van der Waals surface area contributed by atoms with Gasteiger partial charge in [-0.3, -0.25) is 0 Å². The van der Waals surface area contributed by atoms with Crippen LogP contribution in [0.1, 0.15) is 6.42 Å². The van der Waals surface area contributed by atoms with E-state index in [-0.39, 0.29) is 0 Å². The molecular weight excluding hydrogens is 266 g/mol. The zero-order valence-corrected chi connectivity index (χ0v) is 12.6. The largest absolute Gasteiger partial charge is 0.390 e. The van der Waals surface area contributed by atoms with Crippen LogP contribution in [-0.2, 0) is 0 Å².